The Hall–Kier alpha value is -0.380. The van der Waals surface area contributed by atoms with Crippen molar-refractivity contribution in [3.63, 3.8) is 0 Å². The van der Waals surface area contributed by atoms with Gasteiger partial charge in [0.15, 0.2) is 0 Å². The average Bonchev–Trinajstić information content (AvgIpc) is 2.78. The van der Waals surface area contributed by atoms with Crippen LogP contribution < -0.4 is 0 Å². The lowest BCUT2D eigenvalue weighted by Gasteiger charge is -2.37. The molecule has 0 bridgehead atoms. The molecule has 0 saturated carbocycles. The van der Waals surface area contributed by atoms with Gasteiger partial charge in [0.25, 0.3) is 0 Å². The Labute approximate surface area is 108 Å². The smallest absolute Gasteiger partial charge is 0.0915 e. The van der Waals surface area contributed by atoms with Gasteiger partial charge < -0.3 is 9.84 Å². The van der Waals surface area contributed by atoms with Crippen LogP contribution in [0.1, 0.15) is 42.9 Å². The number of hydrogen-bond donors (Lipinski definition) is 1. The molecule has 1 N–H and O–H groups in total. The molecule has 1 aliphatic rings. The summed E-state index contributed by atoms with van der Waals surface area (Å²) in [5.74, 6) is 0. The maximum absolute atomic E-state index is 10.4. The third kappa shape index (κ3) is 3.09. The van der Waals surface area contributed by atoms with E-state index in [9.17, 15) is 5.11 Å². The Balaban J connectivity index is 1.97. The third-order valence-corrected chi connectivity index (χ3v) is 4.92. The Kier molecular flexibility index (Phi) is 4.23. The summed E-state index contributed by atoms with van der Waals surface area (Å²) in [7, 11) is 0. The van der Waals surface area contributed by atoms with Gasteiger partial charge in [-0.15, -0.1) is 11.3 Å². The van der Waals surface area contributed by atoms with Crippen LogP contribution in [0, 0.1) is 0 Å². The first kappa shape index (κ1) is 13.1. The van der Waals surface area contributed by atoms with E-state index in [2.05, 4.69) is 19.1 Å². The zero-order valence-corrected chi connectivity index (χ0v) is 11.6. The van der Waals surface area contributed by atoms with Crippen molar-refractivity contribution >= 4 is 11.3 Å². The van der Waals surface area contributed by atoms with Crippen molar-refractivity contribution in [2.75, 3.05) is 6.61 Å². The third-order valence-electron chi connectivity index (χ3n) is 3.66. The molecule has 2 atom stereocenters. The summed E-state index contributed by atoms with van der Waals surface area (Å²) in [6.45, 7) is 5.00. The van der Waals surface area contributed by atoms with Crippen LogP contribution in [0.3, 0.4) is 0 Å². The van der Waals surface area contributed by atoms with Gasteiger partial charge in [-0.05, 0) is 44.7 Å². The molecule has 0 spiro atoms. The minimum absolute atomic E-state index is 0.339. The summed E-state index contributed by atoms with van der Waals surface area (Å²) >= 11 is 1.81. The lowest BCUT2D eigenvalue weighted by atomic mass is 9.88. The van der Waals surface area contributed by atoms with E-state index in [0.717, 1.165) is 38.7 Å². The molecule has 17 heavy (non-hydrogen) atoms. The van der Waals surface area contributed by atoms with Crippen LogP contribution in [0.2, 0.25) is 0 Å². The van der Waals surface area contributed by atoms with E-state index >= 15 is 0 Å². The van der Waals surface area contributed by atoms with Gasteiger partial charge in [-0.2, -0.15) is 0 Å². The molecular weight excluding hydrogens is 232 g/mol. The van der Waals surface area contributed by atoms with Crippen LogP contribution in [0.15, 0.2) is 12.1 Å². The van der Waals surface area contributed by atoms with Crippen molar-refractivity contribution in [1.29, 1.82) is 0 Å². The fourth-order valence-corrected chi connectivity index (χ4v) is 3.34. The molecule has 1 aliphatic heterocycles. The fraction of sp³-hybridized carbons (Fsp3) is 0.714. The minimum atomic E-state index is -0.383. The molecule has 2 heterocycles. The molecule has 1 aromatic heterocycles. The highest BCUT2D eigenvalue weighted by Gasteiger charge is 2.35. The van der Waals surface area contributed by atoms with E-state index in [4.69, 9.17) is 4.74 Å². The fourth-order valence-electron chi connectivity index (χ4n) is 2.35. The van der Waals surface area contributed by atoms with Crippen molar-refractivity contribution in [3.05, 3.63) is 21.9 Å². The molecule has 1 aromatic rings. The topological polar surface area (TPSA) is 29.5 Å². The summed E-state index contributed by atoms with van der Waals surface area (Å²) in [5, 5.41) is 10.4. The molecule has 0 amide bonds. The number of ether oxygens (including phenoxy) is 1. The second-order valence-electron chi connectivity index (χ2n) is 5.06. The van der Waals surface area contributed by atoms with Crippen LogP contribution in [-0.4, -0.2) is 23.4 Å². The second kappa shape index (κ2) is 5.51. The van der Waals surface area contributed by atoms with Gasteiger partial charge in [0.05, 0.1) is 11.7 Å². The lowest BCUT2D eigenvalue weighted by Crippen LogP contribution is -2.45. The van der Waals surface area contributed by atoms with Crippen LogP contribution >= 0.6 is 11.3 Å². The Bertz CT molecular complexity index is 353. The standard InChI is InChI=1S/C14H22O2S/c1-3-11-6-7-12(17-11)10-13(15)14(2)8-4-5-9-16-14/h6-7,13,15H,3-5,8-10H2,1-2H3. The summed E-state index contributed by atoms with van der Waals surface area (Å²) < 4.78 is 5.79. The van der Waals surface area contributed by atoms with Gasteiger partial charge in [0.2, 0.25) is 0 Å². The predicted molar refractivity (Wildman–Crippen MR) is 71.6 cm³/mol. The molecule has 96 valence electrons. The van der Waals surface area contributed by atoms with Crippen LogP contribution in [-0.2, 0) is 17.6 Å². The number of aliphatic hydroxyl groups is 1. The first-order chi connectivity index (χ1) is 8.14. The van der Waals surface area contributed by atoms with E-state index in [1.165, 1.54) is 9.75 Å². The maximum Gasteiger partial charge on any atom is 0.0915 e. The Morgan fingerprint density at radius 2 is 2.18 bits per heavy atom. The first-order valence-electron chi connectivity index (χ1n) is 6.53. The van der Waals surface area contributed by atoms with Crippen LogP contribution in [0.5, 0.6) is 0 Å². The van der Waals surface area contributed by atoms with Gasteiger partial charge >= 0.3 is 0 Å². The van der Waals surface area contributed by atoms with Crippen molar-refractivity contribution in [2.24, 2.45) is 0 Å². The first-order valence-corrected chi connectivity index (χ1v) is 7.35. The quantitative estimate of drug-likeness (QED) is 0.894. The Morgan fingerprint density at radius 3 is 2.76 bits per heavy atom. The summed E-state index contributed by atoms with van der Waals surface area (Å²) in [6, 6.07) is 4.30. The molecule has 1 saturated heterocycles. The predicted octanol–water partition coefficient (Wildman–Crippen LogP) is 3.17. The van der Waals surface area contributed by atoms with Gasteiger partial charge in [-0.25, -0.2) is 0 Å². The van der Waals surface area contributed by atoms with Crippen molar-refractivity contribution in [2.45, 2.75) is 57.7 Å². The summed E-state index contributed by atoms with van der Waals surface area (Å²) in [6.07, 6.45) is 4.68. The maximum atomic E-state index is 10.4. The largest absolute Gasteiger partial charge is 0.390 e. The van der Waals surface area contributed by atoms with E-state index in [-0.39, 0.29) is 11.7 Å². The average molecular weight is 254 g/mol. The summed E-state index contributed by atoms with van der Waals surface area (Å²) in [5.41, 5.74) is -0.339. The number of aliphatic hydroxyl groups excluding tert-OH is 1. The molecule has 1 fully saturated rings. The monoisotopic (exact) mass is 254 g/mol. The molecule has 3 heteroatoms. The molecule has 2 unspecified atom stereocenters. The second-order valence-corrected chi connectivity index (χ2v) is 6.31. The van der Waals surface area contributed by atoms with E-state index < -0.39 is 0 Å². The number of thiophene rings is 1. The van der Waals surface area contributed by atoms with Crippen LogP contribution in [0.4, 0.5) is 0 Å². The number of hydrogen-bond acceptors (Lipinski definition) is 3. The van der Waals surface area contributed by atoms with Gasteiger partial charge in [0.1, 0.15) is 0 Å². The van der Waals surface area contributed by atoms with Gasteiger partial charge in [-0.3, -0.25) is 0 Å². The van der Waals surface area contributed by atoms with Crippen LogP contribution in [0.25, 0.3) is 0 Å². The lowest BCUT2D eigenvalue weighted by molar-refractivity contribution is -0.135. The molecule has 0 aromatic carbocycles. The highest BCUT2D eigenvalue weighted by molar-refractivity contribution is 7.11. The number of rotatable bonds is 4. The highest BCUT2D eigenvalue weighted by atomic mass is 32.1. The Morgan fingerprint density at radius 1 is 1.41 bits per heavy atom. The van der Waals surface area contributed by atoms with Gasteiger partial charge in [0, 0.05) is 22.8 Å². The molecule has 2 nitrogen and oxygen atoms in total. The molecular formula is C14H22O2S. The van der Waals surface area contributed by atoms with Crippen molar-refractivity contribution in [1.82, 2.24) is 0 Å². The van der Waals surface area contributed by atoms with Crippen molar-refractivity contribution in [3.8, 4) is 0 Å². The molecule has 0 radical (unpaired) electrons. The van der Waals surface area contributed by atoms with Crippen molar-refractivity contribution < 1.29 is 9.84 Å². The zero-order valence-electron chi connectivity index (χ0n) is 10.7. The minimum Gasteiger partial charge on any atom is -0.390 e. The van der Waals surface area contributed by atoms with Gasteiger partial charge in [-0.1, -0.05) is 6.92 Å². The zero-order chi connectivity index (χ0) is 12.3. The number of aryl methyl sites for hydroxylation is 1. The SMILES string of the molecule is CCc1ccc(CC(O)C2(C)CCCCO2)s1. The van der Waals surface area contributed by atoms with E-state index in [0.29, 0.717) is 0 Å². The highest BCUT2D eigenvalue weighted by Crippen LogP contribution is 2.30. The molecule has 2 rings (SSSR count). The van der Waals surface area contributed by atoms with E-state index in [1.54, 1.807) is 0 Å². The summed E-state index contributed by atoms with van der Waals surface area (Å²) in [4.78, 5) is 2.66. The normalized spacial score (nSPS) is 27.0. The van der Waals surface area contributed by atoms with E-state index in [1.807, 2.05) is 18.3 Å². The molecule has 0 aliphatic carbocycles.